The number of hydrogen-bond donors (Lipinski definition) is 2. The van der Waals surface area contributed by atoms with E-state index in [1.807, 2.05) is 0 Å². The lowest BCUT2D eigenvalue weighted by molar-refractivity contribution is -0.136. The average Bonchev–Trinajstić information content (AvgIpc) is 2.70. The third-order valence-electron chi connectivity index (χ3n) is 2.53. The minimum absolute atomic E-state index is 0.176. The smallest absolute Gasteiger partial charge is 0.308 e. The van der Waals surface area contributed by atoms with E-state index in [-0.39, 0.29) is 12.0 Å². The number of carboxylic acid groups (broad SMARTS) is 1. The van der Waals surface area contributed by atoms with E-state index < -0.39 is 11.5 Å². The quantitative estimate of drug-likeness (QED) is 0.802. The van der Waals surface area contributed by atoms with E-state index in [1.165, 1.54) is 0 Å². The molecule has 0 aliphatic heterocycles. The predicted octanol–water partition coefficient (Wildman–Crippen LogP) is 0.106. The molecule has 0 saturated carbocycles. The third kappa shape index (κ3) is 2.29. The summed E-state index contributed by atoms with van der Waals surface area (Å²) in [6.07, 6.45) is 2.96. The van der Waals surface area contributed by atoms with E-state index in [4.69, 9.17) is 5.11 Å². The van der Waals surface area contributed by atoms with Crippen molar-refractivity contribution < 1.29 is 9.90 Å². The standard InChI is InChI=1S/C11H12N4O3/c1-6-8(3-9(16)17)11(18)14-10(13-6)7-4-12-15(2)5-7/h4-5H,3H2,1-2H3,(H,16,17)(H,13,14,18). The molecule has 2 N–H and O–H groups in total. The molecule has 2 heterocycles. The SMILES string of the molecule is Cc1nc(-c2cnn(C)c2)[nH]c(=O)c1CC(=O)O. The molecule has 0 aliphatic carbocycles. The Morgan fingerprint density at radius 3 is 2.78 bits per heavy atom. The number of nitrogens with one attached hydrogen (secondary N) is 1. The first-order valence-corrected chi connectivity index (χ1v) is 5.28. The van der Waals surface area contributed by atoms with Crippen molar-refractivity contribution in [2.75, 3.05) is 0 Å². The molecule has 0 spiro atoms. The van der Waals surface area contributed by atoms with Gasteiger partial charge in [0.25, 0.3) is 5.56 Å². The second kappa shape index (κ2) is 4.44. The molecule has 0 aromatic carbocycles. The Kier molecular flexibility index (Phi) is 2.97. The number of rotatable bonds is 3. The van der Waals surface area contributed by atoms with Crippen LogP contribution in [0, 0.1) is 6.92 Å². The molecule has 0 unspecified atom stereocenters. The van der Waals surface area contributed by atoms with Crippen molar-refractivity contribution in [2.24, 2.45) is 7.05 Å². The van der Waals surface area contributed by atoms with Gasteiger partial charge < -0.3 is 10.1 Å². The van der Waals surface area contributed by atoms with Gasteiger partial charge in [-0.2, -0.15) is 5.10 Å². The van der Waals surface area contributed by atoms with E-state index in [0.717, 1.165) is 0 Å². The lowest BCUT2D eigenvalue weighted by atomic mass is 10.1. The number of carbonyl (C=O) groups is 1. The first-order valence-electron chi connectivity index (χ1n) is 5.28. The number of aryl methyl sites for hydroxylation is 2. The molecule has 2 rings (SSSR count). The van der Waals surface area contributed by atoms with Gasteiger partial charge >= 0.3 is 5.97 Å². The Morgan fingerprint density at radius 2 is 2.28 bits per heavy atom. The minimum atomic E-state index is -1.06. The maximum absolute atomic E-state index is 11.8. The first kappa shape index (κ1) is 12.0. The van der Waals surface area contributed by atoms with Gasteiger partial charge in [0.1, 0.15) is 5.82 Å². The zero-order valence-electron chi connectivity index (χ0n) is 9.97. The zero-order chi connectivity index (χ0) is 13.3. The minimum Gasteiger partial charge on any atom is -0.481 e. The first-order chi connectivity index (χ1) is 8.47. The molecule has 7 nitrogen and oxygen atoms in total. The normalized spacial score (nSPS) is 10.6. The van der Waals surface area contributed by atoms with Gasteiger partial charge in [0, 0.05) is 24.5 Å². The van der Waals surface area contributed by atoms with Gasteiger partial charge in [0.2, 0.25) is 0 Å². The molecule has 18 heavy (non-hydrogen) atoms. The highest BCUT2D eigenvalue weighted by molar-refractivity contribution is 5.70. The Hall–Kier alpha value is -2.44. The summed E-state index contributed by atoms with van der Waals surface area (Å²) < 4.78 is 1.59. The van der Waals surface area contributed by atoms with Crippen molar-refractivity contribution in [1.82, 2.24) is 19.7 Å². The number of H-pyrrole nitrogens is 1. The van der Waals surface area contributed by atoms with Crippen molar-refractivity contribution in [3.63, 3.8) is 0 Å². The Balaban J connectivity index is 2.48. The van der Waals surface area contributed by atoms with Gasteiger partial charge in [-0.25, -0.2) is 4.98 Å². The van der Waals surface area contributed by atoms with Crippen LogP contribution >= 0.6 is 0 Å². The summed E-state index contributed by atoms with van der Waals surface area (Å²) in [6, 6.07) is 0. The van der Waals surface area contributed by atoms with E-state index in [2.05, 4.69) is 15.1 Å². The maximum Gasteiger partial charge on any atom is 0.308 e. The third-order valence-corrected chi connectivity index (χ3v) is 2.53. The summed E-state index contributed by atoms with van der Waals surface area (Å²) in [5, 5.41) is 12.7. The monoisotopic (exact) mass is 248 g/mol. The summed E-state index contributed by atoms with van der Waals surface area (Å²) in [6.45, 7) is 1.62. The summed E-state index contributed by atoms with van der Waals surface area (Å²) in [4.78, 5) is 29.2. The summed E-state index contributed by atoms with van der Waals surface area (Å²) in [5.74, 6) is -0.667. The number of carboxylic acids is 1. The fourth-order valence-electron chi connectivity index (χ4n) is 1.65. The van der Waals surface area contributed by atoms with E-state index in [9.17, 15) is 9.59 Å². The predicted molar refractivity (Wildman–Crippen MR) is 63.1 cm³/mol. The van der Waals surface area contributed by atoms with Gasteiger partial charge in [-0.1, -0.05) is 0 Å². The topological polar surface area (TPSA) is 101 Å². The number of aromatic amines is 1. The Bertz CT molecular complexity index is 657. The van der Waals surface area contributed by atoms with Crippen LogP contribution in [0.25, 0.3) is 11.4 Å². The number of hydrogen-bond acceptors (Lipinski definition) is 4. The van der Waals surface area contributed by atoms with Crippen LogP contribution in [-0.2, 0) is 18.3 Å². The summed E-state index contributed by atoms with van der Waals surface area (Å²) in [7, 11) is 1.76. The highest BCUT2D eigenvalue weighted by Gasteiger charge is 2.13. The molecule has 2 aromatic heterocycles. The second-order valence-electron chi connectivity index (χ2n) is 3.95. The van der Waals surface area contributed by atoms with Crippen LogP contribution in [-0.4, -0.2) is 30.8 Å². The molecular formula is C11H12N4O3. The molecule has 0 aliphatic rings. The Morgan fingerprint density at radius 1 is 1.56 bits per heavy atom. The highest BCUT2D eigenvalue weighted by Crippen LogP contribution is 2.13. The zero-order valence-corrected chi connectivity index (χ0v) is 9.97. The number of nitrogens with zero attached hydrogens (tertiary/aromatic N) is 3. The van der Waals surface area contributed by atoms with Crippen molar-refractivity contribution in [3.8, 4) is 11.4 Å². The van der Waals surface area contributed by atoms with Crippen LogP contribution in [0.4, 0.5) is 0 Å². The summed E-state index contributed by atoms with van der Waals surface area (Å²) >= 11 is 0. The van der Waals surface area contributed by atoms with Crippen LogP contribution in [0.1, 0.15) is 11.3 Å². The maximum atomic E-state index is 11.8. The fraction of sp³-hybridized carbons (Fsp3) is 0.273. The number of aliphatic carboxylic acids is 1. The molecular weight excluding hydrogens is 236 g/mol. The van der Waals surface area contributed by atoms with Crippen LogP contribution in [0.2, 0.25) is 0 Å². The van der Waals surface area contributed by atoms with Gasteiger partial charge in [-0.3, -0.25) is 14.3 Å². The molecule has 2 aromatic rings. The van der Waals surface area contributed by atoms with Gasteiger partial charge in [-0.05, 0) is 6.92 Å². The average molecular weight is 248 g/mol. The van der Waals surface area contributed by atoms with Crippen molar-refractivity contribution in [1.29, 1.82) is 0 Å². The van der Waals surface area contributed by atoms with E-state index >= 15 is 0 Å². The highest BCUT2D eigenvalue weighted by atomic mass is 16.4. The molecule has 0 amide bonds. The van der Waals surface area contributed by atoms with Crippen molar-refractivity contribution in [3.05, 3.63) is 34.0 Å². The van der Waals surface area contributed by atoms with Crippen LogP contribution < -0.4 is 5.56 Å². The summed E-state index contributed by atoms with van der Waals surface area (Å²) in [5.41, 5.74) is 0.846. The molecule has 0 atom stereocenters. The fourth-order valence-corrected chi connectivity index (χ4v) is 1.65. The molecule has 7 heteroatoms. The Labute approximate surface area is 102 Å². The van der Waals surface area contributed by atoms with E-state index in [1.54, 1.807) is 31.0 Å². The molecule has 0 radical (unpaired) electrons. The number of aromatic nitrogens is 4. The molecule has 94 valence electrons. The lowest BCUT2D eigenvalue weighted by Crippen LogP contribution is -2.20. The van der Waals surface area contributed by atoms with Gasteiger partial charge in [0.05, 0.1) is 18.2 Å². The molecule has 0 bridgehead atoms. The van der Waals surface area contributed by atoms with Crippen molar-refractivity contribution in [2.45, 2.75) is 13.3 Å². The second-order valence-corrected chi connectivity index (χ2v) is 3.95. The van der Waals surface area contributed by atoms with Crippen LogP contribution in [0.15, 0.2) is 17.2 Å². The largest absolute Gasteiger partial charge is 0.481 e. The van der Waals surface area contributed by atoms with Gasteiger partial charge in [-0.15, -0.1) is 0 Å². The van der Waals surface area contributed by atoms with Crippen molar-refractivity contribution >= 4 is 5.97 Å². The van der Waals surface area contributed by atoms with Crippen LogP contribution in [0.3, 0.4) is 0 Å². The molecule has 0 saturated heterocycles. The van der Waals surface area contributed by atoms with E-state index in [0.29, 0.717) is 17.1 Å². The lowest BCUT2D eigenvalue weighted by Gasteiger charge is -2.03. The molecule has 0 fully saturated rings. The van der Waals surface area contributed by atoms with Crippen LogP contribution in [0.5, 0.6) is 0 Å². The van der Waals surface area contributed by atoms with Gasteiger partial charge in [0.15, 0.2) is 0 Å².